The molecule has 43 heavy (non-hydrogen) atoms. The van der Waals surface area contributed by atoms with Crippen LogP contribution in [0.2, 0.25) is 0 Å². The van der Waals surface area contributed by atoms with Crippen molar-refractivity contribution < 1.29 is 4.74 Å². The first kappa shape index (κ1) is 26.0. The van der Waals surface area contributed by atoms with Gasteiger partial charge in [-0.3, -0.25) is 4.68 Å². The molecule has 0 fully saturated rings. The van der Waals surface area contributed by atoms with Crippen molar-refractivity contribution in [1.29, 1.82) is 0 Å². The molecule has 0 bridgehead atoms. The van der Waals surface area contributed by atoms with Gasteiger partial charge in [0.25, 0.3) is 5.69 Å². The molecule has 6 nitrogen and oxygen atoms in total. The third kappa shape index (κ3) is 5.40. The number of hydrogen-bond donors (Lipinski definition) is 1. The number of aryl methyl sites for hydroxylation is 2. The average Bonchev–Trinajstić information content (AvgIpc) is 3.31. The fraction of sp³-hybridized carbons (Fsp3) is 0.0541. The van der Waals surface area contributed by atoms with E-state index in [0.29, 0.717) is 23.7 Å². The molecule has 6 aromatic rings. The zero-order valence-corrected chi connectivity index (χ0v) is 23.3. The molecule has 0 saturated carbocycles. The third-order valence-corrected chi connectivity index (χ3v) is 7.42. The summed E-state index contributed by atoms with van der Waals surface area (Å²) in [6, 6.07) is 44.1. The number of fused-ring (bicyclic) bond motifs is 2. The Morgan fingerprint density at radius 2 is 1.40 bits per heavy atom. The summed E-state index contributed by atoms with van der Waals surface area (Å²) in [4.78, 5) is 9.00. The van der Waals surface area contributed by atoms with Crippen molar-refractivity contribution in [2.24, 2.45) is 4.99 Å². The van der Waals surface area contributed by atoms with Crippen LogP contribution in [0.1, 0.15) is 16.7 Å². The molecule has 0 atom stereocenters. The highest BCUT2D eigenvalue weighted by molar-refractivity contribution is 6.14. The van der Waals surface area contributed by atoms with Gasteiger partial charge in [-0.05, 0) is 60.0 Å². The third-order valence-electron chi connectivity index (χ3n) is 7.42. The standard InChI is InChI=1S/C37H27N5O/c1-38-36-35(28-17-20-32(21-18-28)43-31-15-9-4-10-16-31)41-42-24-23-29-25-30(19-22-33(29)40-37(36)42)39-34(26-11-5-2-6-12-26)27-13-7-3-8-14-27/h2-22,25,40H,23-24H2. The lowest BCUT2D eigenvalue weighted by molar-refractivity contribution is 0.483. The molecule has 0 unspecified atom stereocenters. The Labute approximate surface area is 250 Å². The van der Waals surface area contributed by atoms with Crippen LogP contribution in [0.25, 0.3) is 16.1 Å². The first-order valence-electron chi connectivity index (χ1n) is 14.2. The van der Waals surface area contributed by atoms with E-state index in [4.69, 9.17) is 21.4 Å². The van der Waals surface area contributed by atoms with Crippen molar-refractivity contribution in [3.05, 3.63) is 162 Å². The Morgan fingerprint density at radius 1 is 0.767 bits per heavy atom. The molecule has 0 radical (unpaired) electrons. The van der Waals surface area contributed by atoms with Crippen LogP contribution in [0, 0.1) is 6.57 Å². The van der Waals surface area contributed by atoms with Crippen molar-refractivity contribution in [3.8, 4) is 22.8 Å². The number of nitrogens with one attached hydrogen (secondary N) is 1. The van der Waals surface area contributed by atoms with E-state index >= 15 is 0 Å². The Bertz CT molecular complexity index is 1910. The van der Waals surface area contributed by atoms with Gasteiger partial charge in [0.1, 0.15) is 23.0 Å². The van der Waals surface area contributed by atoms with E-state index in [1.54, 1.807) is 0 Å². The largest absolute Gasteiger partial charge is 0.457 e. The van der Waals surface area contributed by atoms with Crippen LogP contribution in [-0.4, -0.2) is 15.5 Å². The SMILES string of the molecule is [C-]#[N+]c1c(-c2ccc(Oc3ccccc3)cc2)nn2c1Nc1ccc(N=C(c3ccccc3)c3ccccc3)cc1CC2. The average molecular weight is 558 g/mol. The molecule has 1 N–H and O–H groups in total. The van der Waals surface area contributed by atoms with Crippen LogP contribution in [-0.2, 0) is 13.0 Å². The molecule has 5 aromatic carbocycles. The maximum Gasteiger partial charge on any atom is 0.255 e. The molecule has 6 heteroatoms. The van der Waals surface area contributed by atoms with Crippen molar-refractivity contribution in [3.63, 3.8) is 0 Å². The van der Waals surface area contributed by atoms with Crippen molar-refractivity contribution in [1.82, 2.24) is 9.78 Å². The number of aromatic nitrogens is 2. The summed E-state index contributed by atoms with van der Waals surface area (Å²) in [6.45, 7) is 8.64. The molecule has 1 aliphatic rings. The van der Waals surface area contributed by atoms with E-state index < -0.39 is 0 Å². The number of ether oxygens (including phenoxy) is 1. The highest BCUT2D eigenvalue weighted by Crippen LogP contribution is 2.41. The Kier molecular flexibility index (Phi) is 6.96. The summed E-state index contributed by atoms with van der Waals surface area (Å²) in [6.07, 6.45) is 0.757. The van der Waals surface area contributed by atoms with Crippen LogP contribution in [0.3, 0.4) is 0 Å². The van der Waals surface area contributed by atoms with Gasteiger partial charge in [-0.2, -0.15) is 5.10 Å². The van der Waals surface area contributed by atoms with Crippen molar-refractivity contribution >= 4 is 28.6 Å². The molecule has 0 aliphatic carbocycles. The lowest BCUT2D eigenvalue weighted by Crippen LogP contribution is -2.03. The predicted octanol–water partition coefficient (Wildman–Crippen LogP) is 9.36. The molecule has 0 spiro atoms. The monoisotopic (exact) mass is 557 g/mol. The Hall–Kier alpha value is -5.93. The number of hydrogen-bond acceptors (Lipinski definition) is 4. The second-order valence-corrected chi connectivity index (χ2v) is 10.2. The van der Waals surface area contributed by atoms with Crippen LogP contribution in [0.15, 0.2) is 138 Å². The van der Waals surface area contributed by atoms with Gasteiger partial charge < -0.3 is 10.1 Å². The molecule has 0 saturated heterocycles. The summed E-state index contributed by atoms with van der Waals surface area (Å²) >= 11 is 0. The van der Waals surface area contributed by atoms with E-state index in [0.717, 1.165) is 57.3 Å². The number of benzene rings is 5. The van der Waals surface area contributed by atoms with Crippen LogP contribution in [0.5, 0.6) is 11.5 Å². The van der Waals surface area contributed by atoms with Crippen molar-refractivity contribution in [2.75, 3.05) is 5.32 Å². The van der Waals surface area contributed by atoms with E-state index in [-0.39, 0.29) is 0 Å². The smallest absolute Gasteiger partial charge is 0.255 e. The van der Waals surface area contributed by atoms with Crippen molar-refractivity contribution in [2.45, 2.75) is 13.0 Å². The Balaban J connectivity index is 1.18. The number of para-hydroxylation sites is 1. The number of nitrogens with zero attached hydrogens (tertiary/aromatic N) is 4. The fourth-order valence-corrected chi connectivity index (χ4v) is 5.29. The van der Waals surface area contributed by atoms with Gasteiger partial charge in [-0.25, -0.2) is 9.84 Å². The first-order valence-corrected chi connectivity index (χ1v) is 14.2. The van der Waals surface area contributed by atoms with Gasteiger partial charge >= 0.3 is 0 Å². The summed E-state index contributed by atoms with van der Waals surface area (Å²) in [5, 5.41) is 8.38. The second-order valence-electron chi connectivity index (χ2n) is 10.2. The van der Waals surface area contributed by atoms with Gasteiger partial charge in [0.15, 0.2) is 0 Å². The summed E-state index contributed by atoms with van der Waals surface area (Å²) in [7, 11) is 0. The minimum Gasteiger partial charge on any atom is -0.457 e. The van der Waals surface area contributed by atoms with Gasteiger partial charge in [0.05, 0.1) is 18.0 Å². The zero-order valence-electron chi connectivity index (χ0n) is 23.3. The minimum absolute atomic E-state index is 0.502. The quantitative estimate of drug-likeness (QED) is 0.164. The molecular weight excluding hydrogens is 530 g/mol. The maximum atomic E-state index is 8.00. The van der Waals surface area contributed by atoms with E-state index in [1.807, 2.05) is 108 Å². The summed E-state index contributed by atoms with van der Waals surface area (Å²) < 4.78 is 7.84. The lowest BCUT2D eigenvalue weighted by atomic mass is 10.0. The topological polar surface area (TPSA) is 55.8 Å². The van der Waals surface area contributed by atoms with E-state index in [1.165, 1.54) is 0 Å². The predicted molar refractivity (Wildman–Crippen MR) is 172 cm³/mol. The molecule has 206 valence electrons. The van der Waals surface area contributed by atoms with Gasteiger partial charge in [-0.15, -0.1) is 0 Å². The molecule has 1 aromatic heterocycles. The Morgan fingerprint density at radius 3 is 2.05 bits per heavy atom. The zero-order chi connectivity index (χ0) is 29.0. The highest BCUT2D eigenvalue weighted by atomic mass is 16.5. The summed E-state index contributed by atoms with van der Waals surface area (Å²) in [5.74, 6) is 2.21. The number of rotatable bonds is 6. The van der Waals surface area contributed by atoms with Crippen LogP contribution in [0.4, 0.5) is 22.9 Å². The fourth-order valence-electron chi connectivity index (χ4n) is 5.29. The lowest BCUT2D eigenvalue weighted by Gasteiger charge is -2.11. The number of aliphatic imine (C=N–C) groups is 1. The highest BCUT2D eigenvalue weighted by Gasteiger charge is 2.23. The van der Waals surface area contributed by atoms with Gasteiger partial charge in [0, 0.05) is 23.4 Å². The normalized spacial score (nSPS) is 11.7. The first-order chi connectivity index (χ1) is 21.2. The number of anilines is 2. The van der Waals surface area contributed by atoms with Crippen LogP contribution < -0.4 is 10.1 Å². The molecule has 2 heterocycles. The van der Waals surface area contributed by atoms with Crippen LogP contribution >= 0.6 is 0 Å². The summed E-state index contributed by atoms with van der Waals surface area (Å²) in [5.41, 5.74) is 8.06. The van der Waals surface area contributed by atoms with E-state index in [9.17, 15) is 0 Å². The molecule has 0 amide bonds. The van der Waals surface area contributed by atoms with Gasteiger partial charge in [0.2, 0.25) is 0 Å². The molecule has 1 aliphatic heterocycles. The molecule has 7 rings (SSSR count). The molecular formula is C37H27N5O. The van der Waals surface area contributed by atoms with E-state index in [2.05, 4.69) is 40.5 Å². The minimum atomic E-state index is 0.502. The second kappa shape index (κ2) is 11.5. The van der Waals surface area contributed by atoms with Gasteiger partial charge in [-0.1, -0.05) is 91.0 Å². The maximum absolute atomic E-state index is 8.00.